The van der Waals surface area contributed by atoms with Gasteiger partial charge in [0.2, 0.25) is 0 Å². The molecule has 3 aromatic rings. The standard InChI is InChI=1S/C22H23NO4S/c1-4-19(24)15-6-9-18(10-7-15)27-13-17-14-28-22(23-17)16-8-11-20(26-5-2)21(12-16)25-3/h6-12,14H,4-5,13H2,1-3H3. The number of ketones is 1. The molecule has 0 fully saturated rings. The Balaban J connectivity index is 1.66. The van der Waals surface area contributed by atoms with Crippen molar-refractivity contribution < 1.29 is 19.0 Å². The van der Waals surface area contributed by atoms with E-state index in [1.165, 1.54) is 0 Å². The lowest BCUT2D eigenvalue weighted by Gasteiger charge is -2.10. The van der Waals surface area contributed by atoms with Gasteiger partial charge in [-0.05, 0) is 49.4 Å². The summed E-state index contributed by atoms with van der Waals surface area (Å²) in [6.07, 6.45) is 0.498. The van der Waals surface area contributed by atoms with E-state index in [0.717, 1.165) is 22.0 Å². The molecule has 0 amide bonds. The number of hydrogen-bond donors (Lipinski definition) is 0. The summed E-state index contributed by atoms with van der Waals surface area (Å²) in [6.45, 7) is 4.75. The summed E-state index contributed by atoms with van der Waals surface area (Å²) in [5.74, 6) is 2.25. The first-order chi connectivity index (χ1) is 13.6. The summed E-state index contributed by atoms with van der Waals surface area (Å²) in [4.78, 5) is 16.3. The lowest BCUT2D eigenvalue weighted by Crippen LogP contribution is -1.98. The van der Waals surface area contributed by atoms with Gasteiger partial charge in [0.05, 0.1) is 19.4 Å². The van der Waals surface area contributed by atoms with Crippen LogP contribution in [0, 0.1) is 0 Å². The molecule has 0 saturated heterocycles. The molecular formula is C22H23NO4S. The first kappa shape index (κ1) is 19.9. The fourth-order valence-electron chi connectivity index (χ4n) is 2.68. The number of carbonyl (C=O) groups excluding carboxylic acids is 1. The predicted octanol–water partition coefficient (Wildman–Crippen LogP) is 5.39. The maximum atomic E-state index is 11.7. The van der Waals surface area contributed by atoms with Gasteiger partial charge in [-0.25, -0.2) is 4.98 Å². The average Bonchev–Trinajstić information content (AvgIpc) is 3.21. The van der Waals surface area contributed by atoms with E-state index >= 15 is 0 Å². The highest BCUT2D eigenvalue weighted by Gasteiger charge is 2.10. The number of ether oxygens (including phenoxy) is 3. The summed E-state index contributed by atoms with van der Waals surface area (Å²) >= 11 is 1.55. The predicted molar refractivity (Wildman–Crippen MR) is 111 cm³/mol. The third kappa shape index (κ3) is 4.70. The van der Waals surface area contributed by atoms with Crippen LogP contribution in [0.2, 0.25) is 0 Å². The van der Waals surface area contributed by atoms with Crippen LogP contribution in [0.25, 0.3) is 10.6 Å². The van der Waals surface area contributed by atoms with E-state index < -0.39 is 0 Å². The van der Waals surface area contributed by atoms with Crippen molar-refractivity contribution in [2.75, 3.05) is 13.7 Å². The van der Waals surface area contributed by atoms with Crippen LogP contribution in [0.4, 0.5) is 0 Å². The van der Waals surface area contributed by atoms with Gasteiger partial charge < -0.3 is 14.2 Å². The van der Waals surface area contributed by atoms with Crippen LogP contribution in [0.3, 0.4) is 0 Å². The van der Waals surface area contributed by atoms with Crippen LogP contribution in [0.15, 0.2) is 47.8 Å². The molecule has 2 aromatic carbocycles. The molecule has 0 bridgehead atoms. The van der Waals surface area contributed by atoms with Crippen LogP contribution in [-0.2, 0) is 6.61 Å². The Morgan fingerprint density at radius 2 is 1.82 bits per heavy atom. The molecule has 0 saturated carbocycles. The van der Waals surface area contributed by atoms with E-state index in [1.807, 2.05) is 49.6 Å². The van der Waals surface area contributed by atoms with Crippen molar-refractivity contribution in [2.45, 2.75) is 26.9 Å². The van der Waals surface area contributed by atoms with Gasteiger partial charge in [0, 0.05) is 22.9 Å². The summed E-state index contributed by atoms with van der Waals surface area (Å²) in [7, 11) is 1.63. The normalized spacial score (nSPS) is 10.5. The van der Waals surface area contributed by atoms with E-state index in [2.05, 4.69) is 4.98 Å². The Morgan fingerprint density at radius 3 is 2.50 bits per heavy atom. The molecule has 0 N–H and O–H groups in total. The monoisotopic (exact) mass is 397 g/mol. The van der Waals surface area contributed by atoms with Crippen molar-refractivity contribution in [1.29, 1.82) is 0 Å². The lowest BCUT2D eigenvalue weighted by atomic mass is 10.1. The molecule has 0 radical (unpaired) electrons. The quantitative estimate of drug-likeness (QED) is 0.453. The number of thiazole rings is 1. The summed E-state index contributed by atoms with van der Waals surface area (Å²) in [6, 6.07) is 13.0. The topological polar surface area (TPSA) is 57.7 Å². The van der Waals surface area contributed by atoms with E-state index in [4.69, 9.17) is 14.2 Å². The van der Waals surface area contributed by atoms with E-state index in [9.17, 15) is 4.79 Å². The van der Waals surface area contributed by atoms with Crippen LogP contribution in [0.1, 0.15) is 36.3 Å². The third-order valence-corrected chi connectivity index (χ3v) is 5.09. The minimum Gasteiger partial charge on any atom is -0.493 e. The second kappa shape index (κ2) is 9.37. The van der Waals surface area contributed by atoms with Gasteiger partial charge in [-0.1, -0.05) is 6.92 Å². The Hall–Kier alpha value is -2.86. The molecule has 5 nitrogen and oxygen atoms in total. The van der Waals surface area contributed by atoms with Crippen molar-refractivity contribution in [2.24, 2.45) is 0 Å². The molecule has 1 aromatic heterocycles. The molecule has 3 rings (SSSR count). The first-order valence-electron chi connectivity index (χ1n) is 9.16. The number of aromatic nitrogens is 1. The molecular weight excluding hydrogens is 374 g/mol. The molecule has 146 valence electrons. The van der Waals surface area contributed by atoms with Crippen LogP contribution in [-0.4, -0.2) is 24.5 Å². The molecule has 0 spiro atoms. The first-order valence-corrected chi connectivity index (χ1v) is 10.0. The minimum absolute atomic E-state index is 0.126. The number of benzene rings is 2. The fraction of sp³-hybridized carbons (Fsp3) is 0.273. The minimum atomic E-state index is 0.126. The smallest absolute Gasteiger partial charge is 0.162 e. The van der Waals surface area contributed by atoms with Gasteiger partial charge in [-0.2, -0.15) is 0 Å². The third-order valence-electron chi connectivity index (χ3n) is 4.15. The van der Waals surface area contributed by atoms with E-state index in [0.29, 0.717) is 36.7 Å². The number of carbonyl (C=O) groups is 1. The largest absolute Gasteiger partial charge is 0.493 e. The summed E-state index contributed by atoms with van der Waals surface area (Å²) in [5.41, 5.74) is 2.52. The molecule has 0 aliphatic rings. The molecule has 0 aliphatic carbocycles. The number of rotatable bonds is 9. The summed E-state index contributed by atoms with van der Waals surface area (Å²) in [5, 5.41) is 2.87. The van der Waals surface area contributed by atoms with Crippen LogP contribution >= 0.6 is 11.3 Å². The number of methoxy groups -OCH3 is 1. The highest BCUT2D eigenvalue weighted by molar-refractivity contribution is 7.13. The number of Topliss-reactive ketones (excluding diaryl/α,β-unsaturated/α-hetero) is 1. The van der Waals surface area contributed by atoms with Gasteiger partial charge in [0.25, 0.3) is 0 Å². The zero-order valence-corrected chi connectivity index (χ0v) is 17.0. The van der Waals surface area contributed by atoms with Crippen molar-refractivity contribution >= 4 is 17.1 Å². The van der Waals surface area contributed by atoms with Crippen molar-refractivity contribution in [1.82, 2.24) is 4.98 Å². The zero-order chi connectivity index (χ0) is 19.9. The fourth-order valence-corrected chi connectivity index (χ4v) is 3.48. The number of hydrogen-bond acceptors (Lipinski definition) is 6. The zero-order valence-electron chi connectivity index (χ0n) is 16.2. The molecule has 0 unspecified atom stereocenters. The van der Waals surface area contributed by atoms with Gasteiger partial charge in [0.1, 0.15) is 17.4 Å². The van der Waals surface area contributed by atoms with E-state index in [1.54, 1.807) is 30.6 Å². The van der Waals surface area contributed by atoms with Gasteiger partial charge in [-0.3, -0.25) is 4.79 Å². The number of nitrogens with zero attached hydrogens (tertiary/aromatic N) is 1. The van der Waals surface area contributed by atoms with Crippen molar-refractivity contribution in [3.05, 3.63) is 59.1 Å². The lowest BCUT2D eigenvalue weighted by molar-refractivity contribution is 0.0988. The molecule has 6 heteroatoms. The Morgan fingerprint density at radius 1 is 1.04 bits per heavy atom. The Kier molecular flexibility index (Phi) is 6.66. The second-order valence-corrected chi connectivity index (χ2v) is 6.89. The summed E-state index contributed by atoms with van der Waals surface area (Å²) < 4.78 is 16.8. The Bertz CT molecular complexity index is 934. The average molecular weight is 397 g/mol. The molecule has 28 heavy (non-hydrogen) atoms. The molecule has 0 aliphatic heterocycles. The second-order valence-electron chi connectivity index (χ2n) is 6.03. The highest BCUT2D eigenvalue weighted by atomic mass is 32.1. The van der Waals surface area contributed by atoms with Gasteiger partial charge in [0.15, 0.2) is 17.3 Å². The van der Waals surface area contributed by atoms with Crippen LogP contribution < -0.4 is 14.2 Å². The van der Waals surface area contributed by atoms with Gasteiger partial charge in [-0.15, -0.1) is 11.3 Å². The maximum absolute atomic E-state index is 11.7. The molecule has 0 atom stereocenters. The van der Waals surface area contributed by atoms with Crippen molar-refractivity contribution in [3.8, 4) is 27.8 Å². The maximum Gasteiger partial charge on any atom is 0.162 e. The highest BCUT2D eigenvalue weighted by Crippen LogP contribution is 2.34. The van der Waals surface area contributed by atoms with Crippen molar-refractivity contribution in [3.63, 3.8) is 0 Å². The Labute approximate surface area is 168 Å². The van der Waals surface area contributed by atoms with E-state index in [-0.39, 0.29) is 5.78 Å². The SMILES string of the molecule is CCOc1ccc(-c2nc(COc3ccc(C(=O)CC)cc3)cs2)cc1OC. The molecule has 1 heterocycles. The van der Waals surface area contributed by atoms with Gasteiger partial charge >= 0.3 is 0 Å². The van der Waals surface area contributed by atoms with Crippen LogP contribution in [0.5, 0.6) is 17.2 Å².